The second-order valence-electron chi connectivity index (χ2n) is 5.45. The molecule has 0 aromatic rings. The molecule has 1 unspecified atom stereocenters. The Hall–Kier alpha value is -1.59. The molecule has 0 aromatic carbocycles. The van der Waals surface area contributed by atoms with E-state index in [9.17, 15) is 14.4 Å². The van der Waals surface area contributed by atoms with Crippen LogP contribution in [0.2, 0.25) is 0 Å². The quantitative estimate of drug-likeness (QED) is 0.721. The van der Waals surface area contributed by atoms with Crippen molar-refractivity contribution in [2.75, 3.05) is 13.1 Å². The fourth-order valence-corrected chi connectivity index (χ4v) is 2.36. The van der Waals surface area contributed by atoms with Crippen molar-refractivity contribution in [3.63, 3.8) is 0 Å². The van der Waals surface area contributed by atoms with Gasteiger partial charge in [-0.15, -0.1) is 0 Å². The number of aliphatic carboxylic acids is 1. The molecule has 1 heterocycles. The Morgan fingerprint density at radius 2 is 2.16 bits per heavy atom. The molecule has 106 valence electrons. The average Bonchev–Trinajstić information content (AvgIpc) is 3.09. The van der Waals surface area contributed by atoms with Gasteiger partial charge < -0.3 is 15.3 Å². The van der Waals surface area contributed by atoms with Crippen LogP contribution in [0.5, 0.6) is 0 Å². The maximum absolute atomic E-state index is 12.0. The number of rotatable bonds is 6. The second-order valence-corrected chi connectivity index (χ2v) is 5.45. The van der Waals surface area contributed by atoms with Gasteiger partial charge in [0, 0.05) is 19.5 Å². The van der Waals surface area contributed by atoms with Gasteiger partial charge in [-0.3, -0.25) is 9.59 Å². The van der Waals surface area contributed by atoms with E-state index in [2.05, 4.69) is 5.32 Å². The van der Waals surface area contributed by atoms with E-state index in [1.165, 1.54) is 0 Å². The summed E-state index contributed by atoms with van der Waals surface area (Å²) in [6, 6.07) is -0.861. The number of carbonyl (C=O) groups is 3. The molecule has 2 aliphatic rings. The summed E-state index contributed by atoms with van der Waals surface area (Å²) in [4.78, 5) is 36.3. The lowest BCUT2D eigenvalue weighted by Gasteiger charge is -2.17. The van der Waals surface area contributed by atoms with Gasteiger partial charge in [0.2, 0.25) is 11.8 Å². The molecule has 6 heteroatoms. The highest BCUT2D eigenvalue weighted by Gasteiger charge is 2.37. The van der Waals surface area contributed by atoms with Gasteiger partial charge in [-0.1, -0.05) is 6.92 Å². The molecule has 1 aliphatic heterocycles. The van der Waals surface area contributed by atoms with Gasteiger partial charge in [0.05, 0.1) is 5.92 Å². The molecule has 2 atom stereocenters. The topological polar surface area (TPSA) is 86.7 Å². The monoisotopic (exact) mass is 268 g/mol. The van der Waals surface area contributed by atoms with E-state index >= 15 is 0 Å². The van der Waals surface area contributed by atoms with Crippen molar-refractivity contribution in [1.29, 1.82) is 0 Å². The molecular formula is C13H20N2O4. The number of nitrogens with one attached hydrogen (secondary N) is 1. The number of nitrogens with zero attached hydrogens (tertiary/aromatic N) is 1. The van der Waals surface area contributed by atoms with Crippen LogP contribution in [-0.2, 0) is 14.4 Å². The van der Waals surface area contributed by atoms with Gasteiger partial charge in [-0.25, -0.2) is 4.79 Å². The molecule has 6 nitrogen and oxygen atoms in total. The highest BCUT2D eigenvalue weighted by molar-refractivity contribution is 5.91. The molecular weight excluding hydrogens is 248 g/mol. The predicted octanol–water partition coefficient (Wildman–Crippen LogP) is 0.224. The first-order valence-corrected chi connectivity index (χ1v) is 6.82. The van der Waals surface area contributed by atoms with Crippen molar-refractivity contribution in [3.8, 4) is 0 Å². The maximum atomic E-state index is 12.0. The van der Waals surface area contributed by atoms with Gasteiger partial charge in [0.25, 0.3) is 0 Å². The SMILES string of the molecule is CC[C@@H](NC(=O)C1CC(=O)N(CC2CC2)C1)C(=O)O. The van der Waals surface area contributed by atoms with Crippen molar-refractivity contribution in [1.82, 2.24) is 10.2 Å². The van der Waals surface area contributed by atoms with Gasteiger partial charge in [0.1, 0.15) is 6.04 Å². The summed E-state index contributed by atoms with van der Waals surface area (Å²) >= 11 is 0. The maximum Gasteiger partial charge on any atom is 0.326 e. The number of hydrogen-bond donors (Lipinski definition) is 2. The van der Waals surface area contributed by atoms with Crippen molar-refractivity contribution >= 4 is 17.8 Å². The Balaban J connectivity index is 1.86. The lowest BCUT2D eigenvalue weighted by atomic mass is 10.1. The number of hydrogen-bond acceptors (Lipinski definition) is 3. The Kier molecular flexibility index (Phi) is 4.07. The van der Waals surface area contributed by atoms with Crippen LogP contribution in [0.3, 0.4) is 0 Å². The minimum absolute atomic E-state index is 0.00965. The summed E-state index contributed by atoms with van der Waals surface area (Å²) in [7, 11) is 0. The van der Waals surface area contributed by atoms with Crippen molar-refractivity contribution < 1.29 is 19.5 Å². The van der Waals surface area contributed by atoms with Gasteiger partial charge in [0.15, 0.2) is 0 Å². The predicted molar refractivity (Wildman–Crippen MR) is 67.3 cm³/mol. The molecule has 2 amide bonds. The lowest BCUT2D eigenvalue weighted by Crippen LogP contribution is -2.43. The first-order valence-electron chi connectivity index (χ1n) is 6.82. The highest BCUT2D eigenvalue weighted by Crippen LogP contribution is 2.32. The van der Waals surface area contributed by atoms with E-state index in [4.69, 9.17) is 5.11 Å². The minimum Gasteiger partial charge on any atom is -0.480 e. The molecule has 19 heavy (non-hydrogen) atoms. The molecule has 0 radical (unpaired) electrons. The third-order valence-electron chi connectivity index (χ3n) is 3.78. The van der Waals surface area contributed by atoms with Crippen LogP contribution in [0.1, 0.15) is 32.6 Å². The summed E-state index contributed by atoms with van der Waals surface area (Å²) in [6.45, 7) is 2.88. The lowest BCUT2D eigenvalue weighted by molar-refractivity contribution is -0.142. The zero-order valence-corrected chi connectivity index (χ0v) is 11.1. The highest BCUT2D eigenvalue weighted by atomic mass is 16.4. The molecule has 2 N–H and O–H groups in total. The molecule has 1 saturated heterocycles. The Morgan fingerprint density at radius 3 is 2.68 bits per heavy atom. The molecule has 2 rings (SSSR count). The number of carboxylic acids is 1. The van der Waals surface area contributed by atoms with Gasteiger partial charge in [-0.05, 0) is 25.2 Å². The van der Waals surface area contributed by atoms with Gasteiger partial charge >= 0.3 is 5.97 Å². The zero-order chi connectivity index (χ0) is 14.0. The third kappa shape index (κ3) is 3.45. The summed E-state index contributed by atoms with van der Waals surface area (Å²) in [5.74, 6) is -1.14. The first-order chi connectivity index (χ1) is 9.01. The normalized spacial score (nSPS) is 24.4. The number of carbonyl (C=O) groups excluding carboxylic acids is 2. The van der Waals surface area contributed by atoms with Crippen molar-refractivity contribution in [3.05, 3.63) is 0 Å². The second kappa shape index (κ2) is 5.59. The van der Waals surface area contributed by atoms with E-state index in [0.29, 0.717) is 18.9 Å². The summed E-state index contributed by atoms with van der Waals surface area (Å²) in [5, 5.41) is 11.4. The molecule has 0 aromatic heterocycles. The zero-order valence-electron chi connectivity index (χ0n) is 11.1. The van der Waals surface area contributed by atoms with E-state index in [1.807, 2.05) is 0 Å². The Morgan fingerprint density at radius 1 is 1.47 bits per heavy atom. The standard InChI is InChI=1S/C13H20N2O4/c1-2-10(13(18)19)14-12(17)9-5-11(16)15(7-9)6-8-3-4-8/h8-10H,2-7H2,1H3,(H,14,17)(H,18,19)/t9?,10-/m1/s1. The summed E-state index contributed by atoms with van der Waals surface area (Å²) in [6.07, 6.45) is 2.87. The number of amides is 2. The molecule has 1 saturated carbocycles. The Bertz CT molecular complexity index is 392. The molecule has 1 aliphatic carbocycles. The van der Waals surface area contributed by atoms with Crippen LogP contribution in [-0.4, -0.2) is 46.9 Å². The van der Waals surface area contributed by atoms with Crippen molar-refractivity contribution in [2.45, 2.75) is 38.6 Å². The van der Waals surface area contributed by atoms with Crippen LogP contribution in [0, 0.1) is 11.8 Å². The van der Waals surface area contributed by atoms with Crippen LogP contribution >= 0.6 is 0 Å². The first kappa shape index (κ1) is 13.8. The third-order valence-corrected chi connectivity index (χ3v) is 3.78. The Labute approximate surface area is 112 Å². The van der Waals surface area contributed by atoms with E-state index < -0.39 is 17.9 Å². The summed E-state index contributed by atoms with van der Waals surface area (Å²) < 4.78 is 0. The van der Waals surface area contributed by atoms with E-state index in [-0.39, 0.29) is 18.2 Å². The minimum atomic E-state index is -1.03. The largest absolute Gasteiger partial charge is 0.480 e. The fourth-order valence-electron chi connectivity index (χ4n) is 2.36. The van der Waals surface area contributed by atoms with Crippen LogP contribution < -0.4 is 5.32 Å². The van der Waals surface area contributed by atoms with E-state index in [0.717, 1.165) is 19.4 Å². The fraction of sp³-hybridized carbons (Fsp3) is 0.769. The van der Waals surface area contributed by atoms with Crippen LogP contribution in [0.15, 0.2) is 0 Å². The van der Waals surface area contributed by atoms with E-state index in [1.54, 1.807) is 11.8 Å². The number of carboxylic acid groups (broad SMARTS) is 1. The van der Waals surface area contributed by atoms with Crippen LogP contribution in [0.4, 0.5) is 0 Å². The smallest absolute Gasteiger partial charge is 0.326 e. The number of likely N-dealkylation sites (tertiary alicyclic amines) is 1. The van der Waals surface area contributed by atoms with Gasteiger partial charge in [-0.2, -0.15) is 0 Å². The van der Waals surface area contributed by atoms with Crippen LogP contribution in [0.25, 0.3) is 0 Å². The average molecular weight is 268 g/mol. The molecule has 0 spiro atoms. The molecule has 2 fully saturated rings. The molecule has 0 bridgehead atoms. The van der Waals surface area contributed by atoms with Crippen molar-refractivity contribution in [2.24, 2.45) is 11.8 Å². The summed E-state index contributed by atoms with van der Waals surface area (Å²) in [5.41, 5.74) is 0.